The maximum Gasteiger partial charge on any atom is 0.320 e. The van der Waals surface area contributed by atoms with Crippen molar-refractivity contribution in [3.8, 4) is 12.3 Å². The molecule has 0 aromatic rings. The topological polar surface area (TPSA) is 115 Å². The van der Waals surface area contributed by atoms with E-state index in [2.05, 4.69) is 22.9 Å². The molecular formula is C24H36N3O7P. The van der Waals surface area contributed by atoms with Gasteiger partial charge in [-0.15, -0.1) is 6.42 Å². The number of hydrogen-bond donors (Lipinski definition) is 2. The SMILES string of the molecule is C#CC(CC(COP(NCC(=O)OC(C)C)OC(/C=C\C)=C/C=C)OC)N(C=O)/C=C\C(=O)NC. The second kappa shape index (κ2) is 19.4. The summed E-state index contributed by atoms with van der Waals surface area (Å²) in [6, 6.07) is -0.692. The average Bonchev–Trinajstić information content (AvgIpc) is 2.83. The van der Waals surface area contributed by atoms with Crippen molar-refractivity contribution in [1.29, 1.82) is 0 Å². The molecular weight excluding hydrogens is 473 g/mol. The van der Waals surface area contributed by atoms with Gasteiger partial charge in [-0.25, -0.2) is 5.09 Å². The van der Waals surface area contributed by atoms with E-state index in [0.29, 0.717) is 12.2 Å². The summed E-state index contributed by atoms with van der Waals surface area (Å²) < 4.78 is 22.4. The second-order valence-electron chi connectivity index (χ2n) is 7.08. The molecule has 10 nitrogen and oxygen atoms in total. The molecule has 0 aliphatic heterocycles. The number of likely N-dealkylation sites (N-methyl/N-ethyl adjacent to an activating group) is 1. The fourth-order valence-corrected chi connectivity index (χ4v) is 3.47. The minimum absolute atomic E-state index is 0.0374. The van der Waals surface area contributed by atoms with E-state index in [1.807, 2.05) is 6.92 Å². The lowest BCUT2D eigenvalue weighted by Crippen LogP contribution is -2.34. The quantitative estimate of drug-likeness (QED) is 0.0551. The molecule has 0 rings (SSSR count). The molecule has 0 fully saturated rings. The summed E-state index contributed by atoms with van der Waals surface area (Å²) in [4.78, 5) is 36.1. The molecule has 0 aromatic heterocycles. The summed E-state index contributed by atoms with van der Waals surface area (Å²) in [5.41, 5.74) is 0. The van der Waals surface area contributed by atoms with Crippen LogP contribution < -0.4 is 10.4 Å². The molecule has 3 atom stereocenters. The van der Waals surface area contributed by atoms with Crippen molar-refractivity contribution in [2.45, 2.75) is 45.4 Å². The maximum absolute atomic E-state index is 12.0. The van der Waals surface area contributed by atoms with Gasteiger partial charge in [-0.2, -0.15) is 0 Å². The first-order valence-corrected chi connectivity index (χ1v) is 12.0. The number of amides is 2. The third kappa shape index (κ3) is 14.8. The number of hydrogen-bond acceptors (Lipinski definition) is 8. The smallest absolute Gasteiger partial charge is 0.320 e. The minimum Gasteiger partial charge on any atom is -0.462 e. The van der Waals surface area contributed by atoms with Crippen LogP contribution in [-0.4, -0.2) is 68.7 Å². The van der Waals surface area contributed by atoms with E-state index < -0.39 is 26.6 Å². The molecule has 0 heterocycles. The fourth-order valence-electron chi connectivity index (χ4n) is 2.39. The third-order valence-corrected chi connectivity index (χ3v) is 5.21. The summed E-state index contributed by atoms with van der Waals surface area (Å²) in [5, 5.41) is 5.33. The van der Waals surface area contributed by atoms with Gasteiger partial charge in [0.25, 0.3) is 0 Å². The number of nitrogens with one attached hydrogen (secondary N) is 2. The number of carbonyl (C=O) groups excluding carboxylic acids is 3. The summed E-state index contributed by atoms with van der Waals surface area (Å²) in [6.07, 6.45) is 14.8. The zero-order valence-electron chi connectivity index (χ0n) is 20.9. The molecule has 0 radical (unpaired) electrons. The van der Waals surface area contributed by atoms with E-state index in [-0.39, 0.29) is 31.6 Å². The summed E-state index contributed by atoms with van der Waals surface area (Å²) >= 11 is 0. The van der Waals surface area contributed by atoms with Gasteiger partial charge >= 0.3 is 14.5 Å². The van der Waals surface area contributed by atoms with Gasteiger partial charge < -0.3 is 28.7 Å². The van der Waals surface area contributed by atoms with Crippen LogP contribution in [0.15, 0.2) is 48.9 Å². The van der Waals surface area contributed by atoms with Crippen LogP contribution in [0.5, 0.6) is 0 Å². The van der Waals surface area contributed by atoms with Gasteiger partial charge in [0, 0.05) is 32.9 Å². The Bertz CT molecular complexity index is 805. The first-order chi connectivity index (χ1) is 16.7. The molecule has 0 spiro atoms. The Balaban J connectivity index is 5.36. The molecule has 0 saturated heterocycles. The van der Waals surface area contributed by atoms with E-state index in [4.69, 9.17) is 24.9 Å². The normalized spacial score (nSPS) is 14.3. The van der Waals surface area contributed by atoms with Gasteiger partial charge in [0.05, 0.1) is 24.9 Å². The monoisotopic (exact) mass is 509 g/mol. The number of ether oxygens (including phenoxy) is 2. The predicted molar refractivity (Wildman–Crippen MR) is 135 cm³/mol. The highest BCUT2D eigenvalue weighted by molar-refractivity contribution is 7.45. The Labute approximate surface area is 209 Å². The Morgan fingerprint density at radius 1 is 1.29 bits per heavy atom. The van der Waals surface area contributed by atoms with Gasteiger partial charge in [-0.05, 0) is 32.9 Å². The molecule has 0 aromatic carbocycles. The fraction of sp³-hybridized carbons (Fsp3) is 0.458. The molecule has 194 valence electrons. The highest BCUT2D eigenvalue weighted by Gasteiger charge is 2.23. The molecule has 35 heavy (non-hydrogen) atoms. The van der Waals surface area contributed by atoms with Crippen LogP contribution in [0.1, 0.15) is 27.2 Å². The van der Waals surface area contributed by atoms with Crippen LogP contribution in [0.2, 0.25) is 0 Å². The molecule has 2 N–H and O–H groups in total. The van der Waals surface area contributed by atoms with E-state index in [9.17, 15) is 14.4 Å². The second-order valence-corrected chi connectivity index (χ2v) is 8.35. The first kappa shape index (κ1) is 32.0. The highest BCUT2D eigenvalue weighted by atomic mass is 31.2. The summed E-state index contributed by atoms with van der Waals surface area (Å²) in [7, 11) is 1.16. The van der Waals surface area contributed by atoms with Crippen molar-refractivity contribution < 1.29 is 32.9 Å². The number of methoxy groups -OCH3 is 1. The van der Waals surface area contributed by atoms with Gasteiger partial charge in [0.15, 0.2) is 0 Å². The van der Waals surface area contributed by atoms with Crippen LogP contribution in [-0.2, 0) is 32.9 Å². The lowest BCUT2D eigenvalue weighted by molar-refractivity contribution is -0.145. The standard InChI is InChI=1S/C24H36N3O7P/c1-8-11-21(12-9-2)34-35(26-16-24(30)33-19(4)5)32-17-22(31-7)15-20(10-3)27(18-28)14-13-23(29)25-6/h3,8-9,11-14,18-20,22,26H,1,15-17H2,2,4-7H3,(H,25,29)/b12-9-,14-13-,21-11+. The molecule has 2 amide bonds. The third-order valence-electron chi connectivity index (χ3n) is 4.04. The Kier molecular flexibility index (Phi) is 17.7. The zero-order valence-corrected chi connectivity index (χ0v) is 21.8. The molecule has 11 heteroatoms. The van der Waals surface area contributed by atoms with E-state index in [1.54, 1.807) is 38.2 Å². The number of allylic oxidation sites excluding steroid dienone is 4. The zero-order chi connectivity index (χ0) is 26.6. The van der Waals surface area contributed by atoms with Crippen molar-refractivity contribution in [1.82, 2.24) is 15.3 Å². The van der Waals surface area contributed by atoms with Crippen LogP contribution in [0.4, 0.5) is 0 Å². The van der Waals surface area contributed by atoms with Crippen molar-refractivity contribution >= 4 is 26.8 Å². The number of esters is 1. The van der Waals surface area contributed by atoms with Gasteiger partial charge in [-0.1, -0.05) is 24.7 Å². The van der Waals surface area contributed by atoms with Crippen LogP contribution in [0, 0.1) is 12.3 Å². The van der Waals surface area contributed by atoms with Crippen LogP contribution in [0.25, 0.3) is 0 Å². The van der Waals surface area contributed by atoms with E-state index in [1.165, 1.54) is 31.3 Å². The Morgan fingerprint density at radius 2 is 2.00 bits per heavy atom. The van der Waals surface area contributed by atoms with E-state index >= 15 is 0 Å². The lowest BCUT2D eigenvalue weighted by atomic mass is 10.1. The number of terminal acetylenes is 1. The number of carbonyl (C=O) groups is 3. The first-order valence-electron chi connectivity index (χ1n) is 10.8. The van der Waals surface area contributed by atoms with Crippen molar-refractivity contribution in [2.75, 3.05) is 27.3 Å². The average molecular weight is 510 g/mol. The predicted octanol–water partition coefficient (Wildman–Crippen LogP) is 2.56. The van der Waals surface area contributed by atoms with Gasteiger partial charge in [0.2, 0.25) is 12.3 Å². The number of nitrogens with zero attached hydrogens (tertiary/aromatic N) is 1. The molecule has 3 unspecified atom stereocenters. The van der Waals surface area contributed by atoms with E-state index in [0.717, 1.165) is 0 Å². The molecule has 0 aliphatic rings. The summed E-state index contributed by atoms with van der Waals surface area (Å²) in [6.45, 7) is 8.90. The highest BCUT2D eigenvalue weighted by Crippen LogP contribution is 2.37. The van der Waals surface area contributed by atoms with Gasteiger partial charge in [0.1, 0.15) is 12.3 Å². The van der Waals surface area contributed by atoms with Crippen LogP contribution >= 0.6 is 8.53 Å². The number of rotatable bonds is 18. The molecule has 0 bridgehead atoms. The van der Waals surface area contributed by atoms with Crippen molar-refractivity contribution in [2.24, 2.45) is 0 Å². The largest absolute Gasteiger partial charge is 0.462 e. The van der Waals surface area contributed by atoms with Gasteiger partial charge in [-0.3, -0.25) is 14.4 Å². The van der Waals surface area contributed by atoms with Crippen molar-refractivity contribution in [3.63, 3.8) is 0 Å². The maximum atomic E-state index is 12.0. The Morgan fingerprint density at radius 3 is 2.51 bits per heavy atom. The Hall–Kier alpha value is -2.96. The minimum atomic E-state index is -1.78. The molecule has 0 aliphatic carbocycles. The lowest BCUT2D eigenvalue weighted by Gasteiger charge is -2.26. The molecule has 0 saturated carbocycles. The van der Waals surface area contributed by atoms with Crippen LogP contribution in [0.3, 0.4) is 0 Å². The van der Waals surface area contributed by atoms with Crippen molar-refractivity contribution in [3.05, 3.63) is 48.9 Å². The summed E-state index contributed by atoms with van der Waals surface area (Å²) in [5.74, 6) is 2.15.